The number of ether oxygens (including phenoxy) is 1. The van der Waals surface area contributed by atoms with Gasteiger partial charge in [0.05, 0.1) is 23.4 Å². The molecule has 3 aromatic rings. The van der Waals surface area contributed by atoms with Crippen LogP contribution in [0.15, 0.2) is 52.3 Å². The van der Waals surface area contributed by atoms with Crippen molar-refractivity contribution in [3.8, 4) is 5.75 Å². The number of hydrogen-bond donors (Lipinski definition) is 1. The van der Waals surface area contributed by atoms with Crippen LogP contribution in [0.2, 0.25) is 10.0 Å². The van der Waals surface area contributed by atoms with E-state index in [4.69, 9.17) is 27.9 Å². The van der Waals surface area contributed by atoms with Crippen LogP contribution in [-0.4, -0.2) is 33.1 Å². The molecule has 1 N–H and O–H groups in total. The largest absolute Gasteiger partial charge is 0.489 e. The minimum Gasteiger partial charge on any atom is -0.489 e. The van der Waals surface area contributed by atoms with Crippen LogP contribution in [-0.2, 0) is 11.3 Å². The van der Waals surface area contributed by atoms with E-state index in [1.54, 1.807) is 30.3 Å². The highest BCUT2D eigenvalue weighted by molar-refractivity contribution is 6.32. The summed E-state index contributed by atoms with van der Waals surface area (Å²) in [5.41, 5.74) is 1.08. The third kappa shape index (κ3) is 5.46. The van der Waals surface area contributed by atoms with E-state index < -0.39 is 5.69 Å². The molecule has 0 spiro atoms. The van der Waals surface area contributed by atoms with E-state index in [0.29, 0.717) is 40.9 Å². The topological polar surface area (TPSA) is 92.6 Å². The smallest absolute Gasteiger partial charge is 0.353 e. The zero-order chi connectivity index (χ0) is 23.5. The Kier molecular flexibility index (Phi) is 6.85. The molecular formula is C23H23Cl2N5O3. The number of carbonyl (C=O) groups excluding carboxylic acids is 1. The van der Waals surface area contributed by atoms with Crippen molar-refractivity contribution in [1.82, 2.24) is 14.5 Å². The summed E-state index contributed by atoms with van der Waals surface area (Å²) in [5, 5.41) is 1.00. The summed E-state index contributed by atoms with van der Waals surface area (Å²) >= 11 is 12.4. The zero-order valence-electron chi connectivity index (χ0n) is 18.2. The van der Waals surface area contributed by atoms with Crippen LogP contribution >= 0.6 is 23.2 Å². The summed E-state index contributed by atoms with van der Waals surface area (Å²) in [7, 11) is 0. The van der Waals surface area contributed by atoms with Crippen LogP contribution in [0.25, 0.3) is 0 Å². The van der Waals surface area contributed by atoms with Crippen molar-refractivity contribution in [3.05, 3.63) is 74.2 Å². The number of aromatic nitrogens is 3. The zero-order valence-corrected chi connectivity index (χ0v) is 19.7. The lowest BCUT2D eigenvalue weighted by Gasteiger charge is -2.15. The van der Waals surface area contributed by atoms with E-state index in [0.717, 1.165) is 5.56 Å². The van der Waals surface area contributed by atoms with Gasteiger partial charge >= 0.3 is 5.69 Å². The van der Waals surface area contributed by atoms with Crippen LogP contribution < -0.4 is 20.9 Å². The first-order chi connectivity index (χ1) is 15.8. The van der Waals surface area contributed by atoms with E-state index in [1.165, 1.54) is 9.47 Å². The van der Waals surface area contributed by atoms with Gasteiger partial charge in [-0.2, -0.15) is 4.98 Å². The number of carbonyl (C=O) groups is 1. The van der Waals surface area contributed by atoms with E-state index >= 15 is 0 Å². The molecule has 1 fully saturated rings. The fourth-order valence-electron chi connectivity index (χ4n) is 3.47. The van der Waals surface area contributed by atoms with E-state index in [2.05, 4.69) is 15.0 Å². The monoisotopic (exact) mass is 487 g/mol. The van der Waals surface area contributed by atoms with Gasteiger partial charge in [-0.05, 0) is 56.2 Å². The standard InChI is InChI=1S/C23H23Cl2N5O3/c1-14(2)33-19-10-9-17(12-18(19)25)26-21-27-22(29-11-3-4-20(29)31)28-23(32)30(21)13-15-5-7-16(24)8-6-15/h5-10,12,14H,3-4,11,13H2,1-2H3,(H,26,27,28,32). The molecule has 10 heteroatoms. The van der Waals surface area contributed by atoms with Gasteiger partial charge in [-0.1, -0.05) is 35.3 Å². The van der Waals surface area contributed by atoms with Crippen LogP contribution in [0, 0.1) is 0 Å². The molecule has 2 heterocycles. The summed E-state index contributed by atoms with van der Waals surface area (Å²) in [6, 6.07) is 12.3. The molecule has 33 heavy (non-hydrogen) atoms. The molecule has 8 nitrogen and oxygen atoms in total. The number of rotatable bonds is 6. The Hall–Kier alpha value is -3.10. The molecule has 0 aliphatic carbocycles. The Labute approximate surface area is 200 Å². The Bertz CT molecular complexity index is 1300. The van der Waals surface area contributed by atoms with Gasteiger partial charge in [-0.15, -0.1) is 0 Å². The number of nitrogens with one attached hydrogen (secondary N) is 1. The number of benzene rings is 2. The van der Waals surface area contributed by atoms with Crippen molar-refractivity contribution in [1.29, 1.82) is 0 Å². The van der Waals surface area contributed by atoms with Crippen molar-refractivity contribution in [3.63, 3.8) is 0 Å². The highest BCUT2D eigenvalue weighted by atomic mass is 35.5. The Morgan fingerprint density at radius 1 is 1.15 bits per heavy atom. The number of aromatic amines is 1. The number of amides is 1. The quantitative estimate of drug-likeness (QED) is 0.566. The van der Waals surface area contributed by atoms with Crippen molar-refractivity contribution >= 4 is 40.7 Å². The maximum Gasteiger partial charge on any atom is 0.353 e. The average molecular weight is 488 g/mol. The molecule has 1 saturated heterocycles. The lowest BCUT2D eigenvalue weighted by molar-refractivity contribution is -0.117. The Morgan fingerprint density at radius 2 is 1.91 bits per heavy atom. The predicted octanol–water partition coefficient (Wildman–Crippen LogP) is 4.07. The summed E-state index contributed by atoms with van der Waals surface area (Å²) in [6.07, 6.45) is 1.11. The maximum absolute atomic E-state index is 13.0. The van der Waals surface area contributed by atoms with E-state index in [1.807, 2.05) is 26.0 Å². The van der Waals surface area contributed by atoms with Crippen molar-refractivity contribution in [2.45, 2.75) is 39.3 Å². The van der Waals surface area contributed by atoms with Gasteiger partial charge in [-0.25, -0.2) is 9.79 Å². The van der Waals surface area contributed by atoms with Crippen molar-refractivity contribution < 1.29 is 9.53 Å². The highest BCUT2D eigenvalue weighted by Crippen LogP contribution is 2.29. The highest BCUT2D eigenvalue weighted by Gasteiger charge is 2.24. The number of nitrogens with zero attached hydrogens (tertiary/aromatic N) is 4. The molecule has 1 amide bonds. The fraction of sp³-hybridized carbons (Fsp3) is 0.304. The molecule has 1 aromatic heterocycles. The second-order valence-corrected chi connectivity index (χ2v) is 8.76. The summed E-state index contributed by atoms with van der Waals surface area (Å²) in [4.78, 5) is 38.5. The molecule has 172 valence electrons. The van der Waals surface area contributed by atoms with E-state index in [9.17, 15) is 9.59 Å². The van der Waals surface area contributed by atoms with Gasteiger partial charge in [0.1, 0.15) is 5.75 Å². The van der Waals surface area contributed by atoms with Crippen LogP contribution in [0.5, 0.6) is 5.75 Å². The van der Waals surface area contributed by atoms with Gasteiger partial charge in [-0.3, -0.25) is 19.2 Å². The molecule has 0 saturated carbocycles. The Balaban J connectivity index is 1.81. The first kappa shape index (κ1) is 23.1. The van der Waals surface area contributed by atoms with Gasteiger partial charge in [0.2, 0.25) is 17.5 Å². The van der Waals surface area contributed by atoms with Crippen molar-refractivity contribution in [2.75, 3.05) is 11.4 Å². The van der Waals surface area contributed by atoms with Crippen LogP contribution in [0.4, 0.5) is 11.6 Å². The second kappa shape index (κ2) is 9.80. The Morgan fingerprint density at radius 3 is 2.55 bits per heavy atom. The fourth-order valence-corrected chi connectivity index (χ4v) is 3.82. The van der Waals surface area contributed by atoms with Crippen LogP contribution in [0.3, 0.4) is 0 Å². The molecular weight excluding hydrogens is 465 g/mol. The summed E-state index contributed by atoms with van der Waals surface area (Å²) in [6.45, 7) is 4.54. The van der Waals surface area contributed by atoms with E-state index in [-0.39, 0.29) is 30.1 Å². The SMILES string of the molecule is CC(C)Oc1ccc(/N=c2\[nH]c(N3CCCC3=O)nc(=O)n2Cc2ccc(Cl)cc2)cc1Cl. The van der Waals surface area contributed by atoms with Crippen molar-refractivity contribution in [2.24, 2.45) is 4.99 Å². The van der Waals surface area contributed by atoms with Gasteiger partial charge in [0.15, 0.2) is 0 Å². The molecule has 0 bridgehead atoms. The minimum absolute atomic E-state index is 0.0241. The van der Waals surface area contributed by atoms with Gasteiger partial charge < -0.3 is 4.74 Å². The molecule has 4 rings (SSSR count). The minimum atomic E-state index is -0.525. The number of hydrogen-bond acceptors (Lipinski definition) is 5. The number of halogens is 2. The predicted molar refractivity (Wildman–Crippen MR) is 127 cm³/mol. The number of anilines is 1. The molecule has 0 radical (unpaired) electrons. The lowest BCUT2D eigenvalue weighted by Crippen LogP contribution is -2.41. The third-order valence-electron chi connectivity index (χ3n) is 5.01. The summed E-state index contributed by atoms with van der Waals surface area (Å²) < 4.78 is 7.08. The summed E-state index contributed by atoms with van der Waals surface area (Å²) in [5.74, 6) is 0.642. The van der Waals surface area contributed by atoms with Crippen LogP contribution in [0.1, 0.15) is 32.3 Å². The first-order valence-electron chi connectivity index (χ1n) is 10.6. The van der Waals surface area contributed by atoms with Gasteiger partial charge in [0.25, 0.3) is 0 Å². The average Bonchev–Trinajstić information content (AvgIpc) is 3.19. The number of H-pyrrole nitrogens is 1. The normalized spacial score (nSPS) is 14.4. The molecule has 0 unspecified atom stereocenters. The molecule has 2 aromatic carbocycles. The molecule has 1 aliphatic rings. The molecule has 1 aliphatic heterocycles. The lowest BCUT2D eigenvalue weighted by atomic mass is 10.2. The second-order valence-electron chi connectivity index (χ2n) is 7.92. The van der Waals surface area contributed by atoms with Gasteiger partial charge in [0, 0.05) is 18.0 Å². The first-order valence-corrected chi connectivity index (χ1v) is 11.3. The molecule has 0 atom stereocenters. The third-order valence-corrected chi connectivity index (χ3v) is 5.56. The maximum atomic E-state index is 13.0.